The lowest BCUT2D eigenvalue weighted by atomic mass is 9.82. The molecule has 0 saturated carbocycles. The standard InChI is InChI=1S/C56H34O2/c1-3-15-35(16-4-1)37-27-29-40(36-17-5-2-6-18-36)48(32-37)54-42-20-7-9-22-44(42)55(45-23-10-8-21-43(45)54)49-33-39(34-53-56(49)46-24-12-14-26-51(46)58-53)38-28-30-52-47(31-38)41-19-11-13-25-50(41)57-52/h1-34H. The topological polar surface area (TPSA) is 26.3 Å². The van der Waals surface area contributed by atoms with Crippen molar-refractivity contribution in [3.63, 3.8) is 0 Å². The van der Waals surface area contributed by atoms with Gasteiger partial charge in [-0.1, -0.05) is 164 Å². The van der Waals surface area contributed by atoms with Crippen molar-refractivity contribution in [2.24, 2.45) is 0 Å². The lowest BCUT2D eigenvalue weighted by Crippen LogP contribution is -1.94. The quantitative estimate of drug-likeness (QED) is 0.164. The van der Waals surface area contributed by atoms with Crippen molar-refractivity contribution in [3.8, 4) is 55.6 Å². The van der Waals surface area contributed by atoms with Crippen LogP contribution in [0.3, 0.4) is 0 Å². The molecule has 2 heterocycles. The molecule has 0 radical (unpaired) electrons. The number of hydrogen-bond donors (Lipinski definition) is 0. The van der Waals surface area contributed by atoms with Gasteiger partial charge in [0.1, 0.15) is 22.3 Å². The second kappa shape index (κ2) is 12.9. The fourth-order valence-electron chi connectivity index (χ4n) is 9.26. The Hall–Kier alpha value is -7.68. The minimum absolute atomic E-state index is 0.866. The summed E-state index contributed by atoms with van der Waals surface area (Å²) in [5.41, 5.74) is 15.3. The second-order valence-electron chi connectivity index (χ2n) is 15.1. The molecule has 0 aliphatic rings. The van der Waals surface area contributed by atoms with Crippen LogP contribution in [0, 0.1) is 0 Å². The smallest absolute Gasteiger partial charge is 0.136 e. The van der Waals surface area contributed by atoms with E-state index in [2.05, 4.69) is 194 Å². The third-order valence-corrected chi connectivity index (χ3v) is 11.9. The summed E-state index contributed by atoms with van der Waals surface area (Å²) in [6.07, 6.45) is 0. The summed E-state index contributed by atoms with van der Waals surface area (Å²) < 4.78 is 13.0. The van der Waals surface area contributed by atoms with Gasteiger partial charge in [-0.3, -0.25) is 0 Å². The van der Waals surface area contributed by atoms with Crippen LogP contribution in [-0.2, 0) is 0 Å². The molecule has 0 fully saturated rings. The summed E-state index contributed by atoms with van der Waals surface area (Å²) in [7, 11) is 0. The molecule has 58 heavy (non-hydrogen) atoms. The van der Waals surface area contributed by atoms with Crippen LogP contribution in [0.25, 0.3) is 121 Å². The van der Waals surface area contributed by atoms with Crippen LogP contribution in [0.2, 0.25) is 0 Å². The van der Waals surface area contributed by atoms with Gasteiger partial charge in [-0.05, 0) is 120 Å². The van der Waals surface area contributed by atoms with Crippen molar-refractivity contribution in [1.29, 1.82) is 0 Å². The molecule has 12 aromatic rings. The predicted octanol–water partition coefficient (Wildman–Crippen LogP) is 16.1. The van der Waals surface area contributed by atoms with Crippen LogP contribution in [0.15, 0.2) is 215 Å². The van der Waals surface area contributed by atoms with Gasteiger partial charge < -0.3 is 8.83 Å². The first-order valence-corrected chi connectivity index (χ1v) is 19.8. The molecule has 0 spiro atoms. The Morgan fingerprint density at radius 1 is 0.224 bits per heavy atom. The Bertz CT molecular complexity index is 3490. The van der Waals surface area contributed by atoms with E-state index in [1.807, 2.05) is 12.1 Å². The molecule has 0 N–H and O–H groups in total. The number of hydrogen-bond acceptors (Lipinski definition) is 2. The number of furan rings is 2. The van der Waals surface area contributed by atoms with Crippen molar-refractivity contribution in [2.45, 2.75) is 0 Å². The maximum atomic E-state index is 6.74. The van der Waals surface area contributed by atoms with Crippen LogP contribution in [0.5, 0.6) is 0 Å². The average Bonchev–Trinajstić information content (AvgIpc) is 3.86. The molecule has 270 valence electrons. The molecule has 2 heteroatoms. The molecule has 2 nitrogen and oxygen atoms in total. The Morgan fingerprint density at radius 2 is 0.690 bits per heavy atom. The minimum Gasteiger partial charge on any atom is -0.456 e. The monoisotopic (exact) mass is 738 g/mol. The normalized spacial score (nSPS) is 11.8. The van der Waals surface area contributed by atoms with Gasteiger partial charge >= 0.3 is 0 Å². The number of benzene rings is 10. The highest BCUT2D eigenvalue weighted by molar-refractivity contribution is 6.27. The largest absolute Gasteiger partial charge is 0.456 e. The van der Waals surface area contributed by atoms with Crippen LogP contribution in [-0.4, -0.2) is 0 Å². The van der Waals surface area contributed by atoms with E-state index in [1.54, 1.807) is 0 Å². The average molecular weight is 739 g/mol. The summed E-state index contributed by atoms with van der Waals surface area (Å²) in [6.45, 7) is 0. The minimum atomic E-state index is 0.866. The van der Waals surface area contributed by atoms with Crippen LogP contribution >= 0.6 is 0 Å². The molecule has 0 atom stereocenters. The third kappa shape index (κ3) is 5.05. The molecule has 12 rings (SSSR count). The molecule has 10 aromatic carbocycles. The first-order valence-electron chi connectivity index (χ1n) is 19.8. The number of rotatable bonds is 5. The fraction of sp³-hybridized carbons (Fsp3) is 0. The van der Waals surface area contributed by atoms with E-state index in [9.17, 15) is 0 Å². The molecular formula is C56H34O2. The first-order chi connectivity index (χ1) is 28.8. The Labute approximate surface area is 334 Å². The van der Waals surface area contributed by atoms with Gasteiger partial charge in [0.05, 0.1) is 0 Å². The van der Waals surface area contributed by atoms with Gasteiger partial charge in [-0.25, -0.2) is 0 Å². The van der Waals surface area contributed by atoms with Crippen LogP contribution < -0.4 is 0 Å². The Morgan fingerprint density at radius 3 is 1.36 bits per heavy atom. The predicted molar refractivity (Wildman–Crippen MR) is 243 cm³/mol. The van der Waals surface area contributed by atoms with Gasteiger partial charge in [0.2, 0.25) is 0 Å². The zero-order valence-electron chi connectivity index (χ0n) is 31.4. The molecule has 2 aromatic heterocycles. The molecule has 0 amide bonds. The van der Waals surface area contributed by atoms with Crippen molar-refractivity contribution >= 4 is 65.4 Å². The zero-order chi connectivity index (χ0) is 38.2. The maximum absolute atomic E-state index is 6.74. The van der Waals surface area contributed by atoms with E-state index < -0.39 is 0 Å². The van der Waals surface area contributed by atoms with Crippen molar-refractivity contribution < 1.29 is 8.83 Å². The van der Waals surface area contributed by atoms with Gasteiger partial charge in [-0.15, -0.1) is 0 Å². The lowest BCUT2D eigenvalue weighted by molar-refractivity contribution is 0.669. The van der Waals surface area contributed by atoms with E-state index >= 15 is 0 Å². The Kier molecular flexibility index (Phi) is 7.26. The highest BCUT2D eigenvalue weighted by Gasteiger charge is 2.23. The summed E-state index contributed by atoms with van der Waals surface area (Å²) >= 11 is 0. The number of para-hydroxylation sites is 2. The van der Waals surface area contributed by atoms with Gasteiger partial charge in [0, 0.05) is 21.5 Å². The van der Waals surface area contributed by atoms with E-state index in [4.69, 9.17) is 8.83 Å². The maximum Gasteiger partial charge on any atom is 0.136 e. The zero-order valence-corrected chi connectivity index (χ0v) is 31.4. The molecule has 0 saturated heterocycles. The number of fused-ring (bicyclic) bond motifs is 8. The van der Waals surface area contributed by atoms with Crippen LogP contribution in [0.4, 0.5) is 0 Å². The summed E-state index contributed by atoms with van der Waals surface area (Å²) in [4.78, 5) is 0. The Balaban J connectivity index is 1.19. The third-order valence-electron chi connectivity index (χ3n) is 11.9. The highest BCUT2D eigenvalue weighted by Crippen LogP contribution is 2.50. The summed E-state index contributed by atoms with van der Waals surface area (Å²) in [6, 6.07) is 74.2. The highest BCUT2D eigenvalue weighted by atomic mass is 16.3. The lowest BCUT2D eigenvalue weighted by Gasteiger charge is -2.21. The summed E-state index contributed by atoms with van der Waals surface area (Å²) in [5.74, 6) is 0. The van der Waals surface area contributed by atoms with Crippen molar-refractivity contribution in [1.82, 2.24) is 0 Å². The SMILES string of the molecule is c1ccc(-c2ccc(-c3ccccc3)c(-c3c4ccccc4c(-c4cc(-c5ccc6oc7ccccc7c6c5)cc5oc6ccccc6c45)c4ccccc34)c2)cc1. The molecule has 0 aliphatic carbocycles. The van der Waals surface area contributed by atoms with E-state index in [-0.39, 0.29) is 0 Å². The molecule has 0 bridgehead atoms. The van der Waals surface area contributed by atoms with E-state index in [0.717, 1.165) is 60.6 Å². The van der Waals surface area contributed by atoms with Crippen molar-refractivity contribution in [3.05, 3.63) is 206 Å². The van der Waals surface area contributed by atoms with Gasteiger partial charge in [0.15, 0.2) is 0 Å². The molecular weight excluding hydrogens is 705 g/mol. The van der Waals surface area contributed by atoms with Gasteiger partial charge in [-0.2, -0.15) is 0 Å². The summed E-state index contributed by atoms with van der Waals surface area (Å²) in [5, 5.41) is 9.24. The van der Waals surface area contributed by atoms with Crippen molar-refractivity contribution in [2.75, 3.05) is 0 Å². The molecule has 0 unspecified atom stereocenters. The van der Waals surface area contributed by atoms with E-state index in [1.165, 1.54) is 60.5 Å². The van der Waals surface area contributed by atoms with Gasteiger partial charge in [0.25, 0.3) is 0 Å². The second-order valence-corrected chi connectivity index (χ2v) is 15.1. The fourth-order valence-corrected chi connectivity index (χ4v) is 9.26. The molecule has 0 aliphatic heterocycles. The van der Waals surface area contributed by atoms with Crippen LogP contribution in [0.1, 0.15) is 0 Å². The van der Waals surface area contributed by atoms with E-state index in [0.29, 0.717) is 0 Å². The first kappa shape index (κ1) is 32.6.